The van der Waals surface area contributed by atoms with E-state index in [2.05, 4.69) is 10.5 Å². The minimum atomic E-state index is 0.639. The molecular weight excluding hydrogens is 230 g/mol. The number of thiazole rings is 1. The van der Waals surface area contributed by atoms with Crippen LogP contribution in [0.25, 0.3) is 11.3 Å². The zero-order chi connectivity index (χ0) is 10.7. The van der Waals surface area contributed by atoms with Crippen LogP contribution < -0.4 is 4.74 Å². The average Bonchev–Trinajstić information content (AvgIpc) is 2.71. The van der Waals surface area contributed by atoms with E-state index in [9.17, 15) is 0 Å². The van der Waals surface area contributed by atoms with Crippen LogP contribution in [0.4, 0.5) is 0 Å². The van der Waals surface area contributed by atoms with Gasteiger partial charge in [-0.05, 0) is 25.1 Å². The van der Waals surface area contributed by atoms with Crippen LogP contribution in [0.3, 0.4) is 0 Å². The van der Waals surface area contributed by atoms with Crippen molar-refractivity contribution in [2.24, 2.45) is 0 Å². The summed E-state index contributed by atoms with van der Waals surface area (Å²) in [7, 11) is 0. The van der Waals surface area contributed by atoms with Crippen molar-refractivity contribution in [3.63, 3.8) is 0 Å². The zero-order valence-electron chi connectivity index (χ0n) is 8.16. The highest BCUT2D eigenvalue weighted by Crippen LogP contribution is 2.30. The number of hydrogen-bond acceptors (Lipinski definition) is 3. The molecular formula is C11H9ClNOS. The summed E-state index contributed by atoms with van der Waals surface area (Å²) >= 11 is 7.56. The highest BCUT2D eigenvalue weighted by molar-refractivity contribution is 7.07. The molecule has 0 aliphatic heterocycles. The van der Waals surface area contributed by atoms with E-state index in [1.807, 2.05) is 24.4 Å². The predicted octanol–water partition coefficient (Wildman–Crippen LogP) is 3.66. The smallest absolute Gasteiger partial charge is 0.152 e. The summed E-state index contributed by atoms with van der Waals surface area (Å²) in [6.45, 7) is 2.58. The van der Waals surface area contributed by atoms with Crippen LogP contribution in [0.5, 0.6) is 5.75 Å². The molecule has 0 unspecified atom stereocenters. The first kappa shape index (κ1) is 10.5. The summed E-state index contributed by atoms with van der Waals surface area (Å²) in [4.78, 5) is 4.09. The highest BCUT2D eigenvalue weighted by Gasteiger charge is 2.06. The maximum absolute atomic E-state index is 6.13. The van der Waals surface area contributed by atoms with Gasteiger partial charge in [-0.2, -0.15) is 0 Å². The molecule has 0 aliphatic rings. The van der Waals surface area contributed by atoms with Crippen LogP contribution in [0.1, 0.15) is 6.92 Å². The van der Waals surface area contributed by atoms with E-state index < -0.39 is 0 Å². The Morgan fingerprint density at radius 1 is 1.53 bits per heavy atom. The minimum Gasteiger partial charge on any atom is -0.494 e. The van der Waals surface area contributed by atoms with Gasteiger partial charge in [0.05, 0.1) is 17.3 Å². The fourth-order valence-corrected chi connectivity index (χ4v) is 2.03. The van der Waals surface area contributed by atoms with Crippen LogP contribution >= 0.6 is 22.9 Å². The molecule has 77 valence electrons. The third-order valence-corrected chi connectivity index (χ3v) is 2.77. The van der Waals surface area contributed by atoms with Crippen molar-refractivity contribution in [2.45, 2.75) is 6.92 Å². The lowest BCUT2D eigenvalue weighted by molar-refractivity contribution is 0.340. The average molecular weight is 239 g/mol. The first-order valence-corrected chi connectivity index (χ1v) is 5.81. The Morgan fingerprint density at radius 2 is 2.40 bits per heavy atom. The van der Waals surface area contributed by atoms with E-state index in [0.717, 1.165) is 17.0 Å². The summed E-state index contributed by atoms with van der Waals surface area (Å²) in [6.07, 6.45) is 0. The lowest BCUT2D eigenvalue weighted by atomic mass is 10.2. The topological polar surface area (TPSA) is 22.1 Å². The summed E-state index contributed by atoms with van der Waals surface area (Å²) in [5.74, 6) is 0.783. The van der Waals surface area contributed by atoms with Crippen molar-refractivity contribution in [3.8, 4) is 17.0 Å². The SMILES string of the molecule is CCOc1ccc(-c2cs[c]n2)c(Cl)c1. The Kier molecular flexibility index (Phi) is 3.23. The third-order valence-electron chi connectivity index (χ3n) is 1.92. The van der Waals surface area contributed by atoms with E-state index in [1.165, 1.54) is 11.3 Å². The van der Waals surface area contributed by atoms with Crippen molar-refractivity contribution < 1.29 is 4.74 Å². The Labute approximate surface area is 97.5 Å². The number of rotatable bonds is 3. The van der Waals surface area contributed by atoms with Crippen molar-refractivity contribution in [1.29, 1.82) is 0 Å². The van der Waals surface area contributed by atoms with E-state index in [0.29, 0.717) is 11.6 Å². The predicted molar refractivity (Wildman–Crippen MR) is 62.6 cm³/mol. The van der Waals surface area contributed by atoms with Gasteiger partial charge < -0.3 is 4.74 Å². The molecule has 0 N–H and O–H groups in total. The molecule has 1 aromatic heterocycles. The van der Waals surface area contributed by atoms with Crippen LogP contribution in [0.2, 0.25) is 5.02 Å². The highest BCUT2D eigenvalue weighted by atomic mass is 35.5. The molecule has 2 nitrogen and oxygen atoms in total. The van der Waals surface area contributed by atoms with Crippen molar-refractivity contribution >= 4 is 22.9 Å². The quantitative estimate of drug-likeness (QED) is 0.814. The first-order chi connectivity index (χ1) is 7.31. The fraction of sp³-hybridized carbons (Fsp3) is 0.182. The molecule has 1 aromatic carbocycles. The second kappa shape index (κ2) is 4.64. The third kappa shape index (κ3) is 2.30. The minimum absolute atomic E-state index is 0.639. The molecule has 15 heavy (non-hydrogen) atoms. The molecule has 1 radical (unpaired) electrons. The van der Waals surface area contributed by atoms with Gasteiger partial charge in [-0.25, -0.2) is 4.98 Å². The summed E-state index contributed by atoms with van der Waals surface area (Å²) in [5, 5.41) is 2.57. The van der Waals surface area contributed by atoms with Gasteiger partial charge in [0.1, 0.15) is 5.75 Å². The monoisotopic (exact) mass is 238 g/mol. The second-order valence-corrected chi connectivity index (χ2v) is 3.96. The Bertz CT molecular complexity index is 442. The molecule has 1 heterocycles. The maximum Gasteiger partial charge on any atom is 0.152 e. The maximum atomic E-state index is 6.13. The largest absolute Gasteiger partial charge is 0.494 e. The number of hydrogen-bond donors (Lipinski definition) is 0. The second-order valence-electron chi connectivity index (χ2n) is 2.90. The molecule has 0 fully saturated rings. The van der Waals surface area contributed by atoms with E-state index in [-0.39, 0.29) is 0 Å². The molecule has 0 bridgehead atoms. The van der Waals surface area contributed by atoms with Gasteiger partial charge in [-0.1, -0.05) is 11.6 Å². The fourth-order valence-electron chi connectivity index (χ4n) is 1.27. The molecule has 0 amide bonds. The van der Waals surface area contributed by atoms with Gasteiger partial charge in [-0.15, -0.1) is 11.3 Å². The summed E-state index contributed by atoms with van der Waals surface area (Å²) < 4.78 is 5.35. The number of nitrogens with zero attached hydrogens (tertiary/aromatic N) is 1. The van der Waals surface area contributed by atoms with Crippen LogP contribution in [-0.2, 0) is 0 Å². The normalized spacial score (nSPS) is 10.3. The molecule has 0 atom stereocenters. The molecule has 2 aromatic rings. The lowest BCUT2D eigenvalue weighted by Crippen LogP contribution is -1.91. The molecule has 0 saturated carbocycles. The molecule has 0 aliphatic carbocycles. The van der Waals surface area contributed by atoms with Gasteiger partial charge in [0.15, 0.2) is 5.51 Å². The lowest BCUT2D eigenvalue weighted by Gasteiger charge is -2.05. The number of halogens is 1. The Balaban J connectivity index is 2.35. The van der Waals surface area contributed by atoms with Gasteiger partial charge in [0.25, 0.3) is 0 Å². The molecule has 0 spiro atoms. The number of benzene rings is 1. The van der Waals surface area contributed by atoms with Gasteiger partial charge in [0, 0.05) is 10.9 Å². The van der Waals surface area contributed by atoms with Crippen LogP contribution in [0, 0.1) is 5.51 Å². The number of ether oxygens (including phenoxy) is 1. The van der Waals surface area contributed by atoms with Crippen LogP contribution in [0.15, 0.2) is 23.6 Å². The van der Waals surface area contributed by atoms with Crippen molar-refractivity contribution in [2.75, 3.05) is 6.61 Å². The Morgan fingerprint density at radius 3 is 3.00 bits per heavy atom. The zero-order valence-corrected chi connectivity index (χ0v) is 9.73. The molecule has 0 saturated heterocycles. The first-order valence-electron chi connectivity index (χ1n) is 4.55. The number of aromatic nitrogens is 1. The molecule has 4 heteroatoms. The van der Waals surface area contributed by atoms with Crippen molar-refractivity contribution in [1.82, 2.24) is 4.98 Å². The van der Waals surface area contributed by atoms with E-state index in [1.54, 1.807) is 6.07 Å². The van der Waals surface area contributed by atoms with E-state index in [4.69, 9.17) is 16.3 Å². The van der Waals surface area contributed by atoms with E-state index >= 15 is 0 Å². The molecule has 2 rings (SSSR count). The van der Waals surface area contributed by atoms with Gasteiger partial charge >= 0.3 is 0 Å². The summed E-state index contributed by atoms with van der Waals surface area (Å²) in [5.41, 5.74) is 4.57. The summed E-state index contributed by atoms with van der Waals surface area (Å²) in [6, 6.07) is 5.61. The van der Waals surface area contributed by atoms with Crippen LogP contribution in [-0.4, -0.2) is 11.6 Å². The van der Waals surface area contributed by atoms with Gasteiger partial charge in [0.2, 0.25) is 0 Å². The Hall–Kier alpha value is -1.06. The van der Waals surface area contributed by atoms with Crippen molar-refractivity contribution in [3.05, 3.63) is 34.1 Å². The standard InChI is InChI=1S/C11H9ClNOS/c1-2-14-8-3-4-9(10(12)5-8)11-6-15-7-13-11/h3-6H,2H2,1H3. The van der Waals surface area contributed by atoms with Gasteiger partial charge in [-0.3, -0.25) is 0 Å².